The van der Waals surface area contributed by atoms with Gasteiger partial charge in [0.1, 0.15) is 5.75 Å². The molecule has 1 atom stereocenters. The summed E-state index contributed by atoms with van der Waals surface area (Å²) < 4.78 is 106. The van der Waals surface area contributed by atoms with Gasteiger partial charge in [-0.05, 0) is 25.1 Å². The Morgan fingerprint density at radius 3 is 2.31 bits per heavy atom. The molecular weight excluding hydrogens is 524 g/mol. The zero-order valence-corrected chi connectivity index (χ0v) is 20.1. The first kappa shape index (κ1) is 27.0. The van der Waals surface area contributed by atoms with Gasteiger partial charge in [-0.15, -0.1) is 11.3 Å². The number of sulfone groups is 1. The monoisotopic (exact) mass is 545 g/mol. The number of rotatable bonds is 6. The fourth-order valence-corrected chi connectivity index (χ4v) is 4.79. The second-order valence-corrected chi connectivity index (χ2v) is 10.8. The van der Waals surface area contributed by atoms with Gasteiger partial charge in [-0.3, -0.25) is 4.79 Å². The summed E-state index contributed by atoms with van der Waals surface area (Å²) in [4.78, 5) is 19.9. The number of benzene rings is 1. The molecule has 1 fully saturated rings. The Labute approximate surface area is 201 Å². The predicted octanol–water partition coefficient (Wildman–Crippen LogP) is 3.94. The van der Waals surface area contributed by atoms with Crippen molar-refractivity contribution in [1.82, 2.24) is 9.88 Å². The summed E-state index contributed by atoms with van der Waals surface area (Å²) in [6, 6.07) is 3.05. The highest BCUT2D eigenvalue weighted by Crippen LogP contribution is 2.31. The van der Waals surface area contributed by atoms with Crippen molar-refractivity contribution in [3.8, 4) is 5.75 Å². The van der Waals surface area contributed by atoms with Crippen molar-refractivity contribution in [2.45, 2.75) is 36.7 Å². The van der Waals surface area contributed by atoms with Crippen molar-refractivity contribution < 1.29 is 44.3 Å². The number of ether oxygens (including phenoxy) is 1. The highest BCUT2D eigenvalue weighted by molar-refractivity contribution is 7.90. The summed E-state index contributed by atoms with van der Waals surface area (Å²) in [5.41, 5.74) is -0.451. The molecule has 0 N–H and O–H groups in total. The average molecular weight is 546 g/mol. The van der Waals surface area contributed by atoms with Crippen LogP contribution in [0, 0.1) is 0 Å². The molecule has 1 aromatic heterocycles. The van der Waals surface area contributed by atoms with E-state index in [0.29, 0.717) is 5.13 Å². The predicted molar refractivity (Wildman–Crippen MR) is 116 cm³/mol. The molecule has 1 aliphatic rings. The number of carbonyl (C=O) groups excluding carboxylic acids is 1. The van der Waals surface area contributed by atoms with E-state index in [9.17, 15) is 39.6 Å². The Morgan fingerprint density at radius 1 is 1.14 bits per heavy atom. The van der Waals surface area contributed by atoms with Gasteiger partial charge in [0, 0.05) is 37.8 Å². The second-order valence-electron chi connectivity index (χ2n) is 7.92. The number of thiazole rings is 1. The van der Waals surface area contributed by atoms with Crippen molar-refractivity contribution in [2.24, 2.45) is 0 Å². The van der Waals surface area contributed by atoms with E-state index in [4.69, 9.17) is 4.74 Å². The smallest absolute Gasteiger partial charge is 0.425 e. The van der Waals surface area contributed by atoms with Crippen LogP contribution in [-0.2, 0) is 16.3 Å². The van der Waals surface area contributed by atoms with Gasteiger partial charge in [-0.25, -0.2) is 13.4 Å². The first-order valence-electron chi connectivity index (χ1n) is 10.2. The van der Waals surface area contributed by atoms with E-state index in [1.165, 1.54) is 10.3 Å². The van der Waals surface area contributed by atoms with Gasteiger partial charge in [0.2, 0.25) is 0 Å². The molecule has 3 rings (SSSR count). The number of nitrogens with zero attached hydrogens (tertiary/aromatic N) is 3. The lowest BCUT2D eigenvalue weighted by Gasteiger charge is -2.35. The van der Waals surface area contributed by atoms with Gasteiger partial charge >= 0.3 is 12.4 Å². The summed E-state index contributed by atoms with van der Waals surface area (Å²) in [5, 5.41) is 1.67. The molecule has 2 aromatic rings. The third kappa shape index (κ3) is 6.99. The standard InChI is InChI=1S/C20H21F6N3O4S2/c1-12(20(24,25)26)33-16-4-3-14(35(2,31)32)9-15(16)17(30)28-5-7-29(8-6-28)18-27-13(11-34-18)10-19(21,22)23/h3-4,9,11-12H,5-8,10H2,1-2H3. The first-order chi connectivity index (χ1) is 16.0. The van der Waals surface area contributed by atoms with Gasteiger partial charge in [0.05, 0.1) is 22.6 Å². The fourth-order valence-electron chi connectivity index (χ4n) is 3.27. The van der Waals surface area contributed by atoms with Gasteiger partial charge in [-0.2, -0.15) is 26.3 Å². The minimum absolute atomic E-state index is 0.0877. The number of alkyl halides is 6. The molecule has 1 amide bonds. The molecule has 0 spiro atoms. The van der Waals surface area contributed by atoms with E-state index in [-0.39, 0.29) is 42.3 Å². The van der Waals surface area contributed by atoms with Gasteiger partial charge in [0.15, 0.2) is 21.1 Å². The molecule has 1 aliphatic heterocycles. The number of hydrogen-bond acceptors (Lipinski definition) is 7. The summed E-state index contributed by atoms with van der Waals surface area (Å²) in [7, 11) is -3.76. The minimum atomic E-state index is -4.71. The average Bonchev–Trinajstić information content (AvgIpc) is 3.19. The molecule has 35 heavy (non-hydrogen) atoms. The molecule has 0 radical (unpaired) electrons. The van der Waals surface area contributed by atoms with E-state index in [0.717, 1.165) is 42.7 Å². The van der Waals surface area contributed by atoms with E-state index < -0.39 is 46.4 Å². The molecular formula is C20H21F6N3O4S2. The number of carbonyl (C=O) groups is 1. The molecule has 2 heterocycles. The Morgan fingerprint density at radius 2 is 1.77 bits per heavy atom. The number of piperazine rings is 1. The lowest BCUT2D eigenvalue weighted by Crippen LogP contribution is -2.49. The third-order valence-electron chi connectivity index (χ3n) is 5.13. The van der Waals surface area contributed by atoms with Crippen molar-refractivity contribution >= 4 is 32.2 Å². The van der Waals surface area contributed by atoms with Crippen LogP contribution in [0.5, 0.6) is 5.75 Å². The number of hydrogen-bond donors (Lipinski definition) is 0. The van der Waals surface area contributed by atoms with Gasteiger partial charge < -0.3 is 14.5 Å². The van der Waals surface area contributed by atoms with Crippen molar-refractivity contribution in [3.05, 3.63) is 34.8 Å². The largest absolute Gasteiger partial charge is 0.480 e. The van der Waals surface area contributed by atoms with Crippen LogP contribution in [0.25, 0.3) is 0 Å². The third-order valence-corrected chi connectivity index (χ3v) is 7.19. The molecule has 7 nitrogen and oxygen atoms in total. The number of amides is 1. The topological polar surface area (TPSA) is 79.8 Å². The molecule has 0 bridgehead atoms. The van der Waals surface area contributed by atoms with E-state index in [1.807, 2.05) is 0 Å². The quantitative estimate of drug-likeness (QED) is 0.512. The van der Waals surface area contributed by atoms with Crippen LogP contribution in [0.15, 0.2) is 28.5 Å². The summed E-state index contributed by atoms with van der Waals surface area (Å²) in [5.74, 6) is -1.14. The Bertz CT molecular complexity index is 1170. The van der Waals surface area contributed by atoms with E-state index in [1.54, 1.807) is 4.90 Å². The lowest BCUT2D eigenvalue weighted by atomic mass is 10.1. The number of anilines is 1. The fraction of sp³-hybridized carbons (Fsp3) is 0.500. The van der Waals surface area contributed by atoms with Crippen LogP contribution >= 0.6 is 11.3 Å². The Hall–Kier alpha value is -2.55. The number of aromatic nitrogens is 1. The SMILES string of the molecule is CC(Oc1ccc(S(C)(=O)=O)cc1C(=O)N1CCN(c2nc(CC(F)(F)F)cs2)CC1)C(F)(F)F. The Kier molecular flexibility index (Phi) is 7.60. The van der Waals surface area contributed by atoms with Gasteiger partial charge in [-0.1, -0.05) is 0 Å². The van der Waals surface area contributed by atoms with Gasteiger partial charge in [0.25, 0.3) is 5.91 Å². The highest BCUT2D eigenvalue weighted by atomic mass is 32.2. The Balaban J connectivity index is 1.77. The first-order valence-corrected chi connectivity index (χ1v) is 12.9. The molecule has 15 heteroatoms. The number of halogens is 6. The summed E-state index contributed by atoms with van der Waals surface area (Å²) >= 11 is 1.04. The molecule has 1 saturated heterocycles. The van der Waals surface area contributed by atoms with Crippen LogP contribution in [0.4, 0.5) is 31.5 Å². The van der Waals surface area contributed by atoms with Crippen molar-refractivity contribution in [3.63, 3.8) is 0 Å². The highest BCUT2D eigenvalue weighted by Gasteiger charge is 2.39. The maximum atomic E-state index is 13.1. The molecule has 0 aliphatic carbocycles. The molecule has 1 unspecified atom stereocenters. The van der Waals surface area contributed by atoms with Crippen molar-refractivity contribution in [2.75, 3.05) is 37.3 Å². The van der Waals surface area contributed by atoms with Crippen LogP contribution in [0.1, 0.15) is 23.0 Å². The van der Waals surface area contributed by atoms with Crippen LogP contribution in [0.3, 0.4) is 0 Å². The maximum Gasteiger partial charge on any atom is 0.425 e. The normalized spacial score (nSPS) is 16.3. The summed E-state index contributed by atoms with van der Waals surface area (Å²) in [6.45, 7) is 1.37. The zero-order chi connectivity index (χ0) is 26.2. The molecule has 1 aromatic carbocycles. The van der Waals surface area contributed by atoms with Crippen LogP contribution in [0.2, 0.25) is 0 Å². The second kappa shape index (κ2) is 9.84. The molecule has 0 saturated carbocycles. The van der Waals surface area contributed by atoms with Crippen LogP contribution < -0.4 is 9.64 Å². The maximum absolute atomic E-state index is 13.1. The zero-order valence-electron chi connectivity index (χ0n) is 18.5. The van der Waals surface area contributed by atoms with Crippen molar-refractivity contribution in [1.29, 1.82) is 0 Å². The summed E-state index contributed by atoms with van der Waals surface area (Å²) in [6.07, 6.45) is -11.6. The van der Waals surface area contributed by atoms with E-state index >= 15 is 0 Å². The lowest BCUT2D eigenvalue weighted by molar-refractivity contribution is -0.189. The van der Waals surface area contributed by atoms with Crippen LogP contribution in [-0.4, -0.2) is 75.1 Å². The van der Waals surface area contributed by atoms with E-state index in [2.05, 4.69) is 4.98 Å². The molecule has 194 valence electrons. The minimum Gasteiger partial charge on any atom is -0.480 e.